The molecule has 2 N–H and O–H groups in total. The summed E-state index contributed by atoms with van der Waals surface area (Å²) in [6.45, 7) is 7.75. The standard InChI is InChI=1S/C13H23N3O/c1-9(12(17)16-13(2,3)4)15-11-7-5-6-10(11)8-14/h9-11,15H,5-7H2,1-4H3,(H,16,17). The van der Waals surface area contributed by atoms with Crippen LogP contribution in [0.3, 0.4) is 0 Å². The van der Waals surface area contributed by atoms with Crippen molar-refractivity contribution in [3.05, 3.63) is 0 Å². The third-order valence-corrected chi connectivity index (χ3v) is 3.04. The van der Waals surface area contributed by atoms with E-state index in [0.717, 1.165) is 19.3 Å². The highest BCUT2D eigenvalue weighted by Crippen LogP contribution is 2.25. The summed E-state index contributed by atoms with van der Waals surface area (Å²) < 4.78 is 0. The molecule has 1 aliphatic rings. The van der Waals surface area contributed by atoms with Crippen LogP contribution in [0.25, 0.3) is 0 Å². The molecule has 17 heavy (non-hydrogen) atoms. The molecule has 1 saturated carbocycles. The van der Waals surface area contributed by atoms with Crippen molar-refractivity contribution in [2.45, 2.75) is 64.6 Å². The van der Waals surface area contributed by atoms with E-state index in [1.165, 1.54) is 0 Å². The first kappa shape index (κ1) is 14.0. The van der Waals surface area contributed by atoms with E-state index in [9.17, 15) is 4.79 Å². The van der Waals surface area contributed by atoms with Crippen LogP contribution in [-0.4, -0.2) is 23.5 Å². The first-order chi connectivity index (χ1) is 7.83. The van der Waals surface area contributed by atoms with E-state index < -0.39 is 0 Å². The van der Waals surface area contributed by atoms with Gasteiger partial charge in [0.05, 0.1) is 18.0 Å². The maximum absolute atomic E-state index is 11.9. The van der Waals surface area contributed by atoms with Gasteiger partial charge in [0.1, 0.15) is 0 Å². The zero-order chi connectivity index (χ0) is 13.1. The summed E-state index contributed by atoms with van der Waals surface area (Å²) in [5.41, 5.74) is -0.211. The average Bonchev–Trinajstić information content (AvgIpc) is 2.62. The Hall–Kier alpha value is -1.08. The number of hydrogen-bond donors (Lipinski definition) is 2. The van der Waals surface area contributed by atoms with Gasteiger partial charge in [0.2, 0.25) is 5.91 Å². The Morgan fingerprint density at radius 3 is 2.59 bits per heavy atom. The van der Waals surface area contributed by atoms with Gasteiger partial charge in [-0.3, -0.25) is 4.79 Å². The van der Waals surface area contributed by atoms with Gasteiger partial charge in [-0.05, 0) is 40.5 Å². The summed E-state index contributed by atoms with van der Waals surface area (Å²) >= 11 is 0. The van der Waals surface area contributed by atoms with E-state index >= 15 is 0 Å². The number of nitriles is 1. The van der Waals surface area contributed by atoms with Gasteiger partial charge < -0.3 is 10.6 Å². The summed E-state index contributed by atoms with van der Waals surface area (Å²) in [6.07, 6.45) is 3.01. The monoisotopic (exact) mass is 237 g/mol. The zero-order valence-corrected chi connectivity index (χ0v) is 11.2. The van der Waals surface area contributed by atoms with Gasteiger partial charge in [0.15, 0.2) is 0 Å². The predicted molar refractivity (Wildman–Crippen MR) is 67.2 cm³/mol. The zero-order valence-electron chi connectivity index (χ0n) is 11.2. The van der Waals surface area contributed by atoms with E-state index in [1.54, 1.807) is 0 Å². The Morgan fingerprint density at radius 1 is 1.41 bits per heavy atom. The van der Waals surface area contributed by atoms with Crippen molar-refractivity contribution in [1.82, 2.24) is 10.6 Å². The maximum atomic E-state index is 11.9. The lowest BCUT2D eigenvalue weighted by molar-refractivity contribution is -0.124. The number of rotatable bonds is 3. The molecule has 4 heteroatoms. The Labute approximate surface area is 104 Å². The molecule has 0 aliphatic heterocycles. The van der Waals surface area contributed by atoms with Crippen LogP contribution in [-0.2, 0) is 4.79 Å². The summed E-state index contributed by atoms with van der Waals surface area (Å²) in [4.78, 5) is 11.9. The van der Waals surface area contributed by atoms with Crippen LogP contribution in [0.4, 0.5) is 0 Å². The van der Waals surface area contributed by atoms with Gasteiger partial charge in [-0.25, -0.2) is 0 Å². The highest BCUT2D eigenvalue weighted by molar-refractivity contribution is 5.81. The molecule has 0 aromatic carbocycles. The second kappa shape index (κ2) is 5.50. The van der Waals surface area contributed by atoms with Crippen molar-refractivity contribution in [3.8, 4) is 6.07 Å². The van der Waals surface area contributed by atoms with E-state index in [2.05, 4.69) is 16.7 Å². The summed E-state index contributed by atoms with van der Waals surface area (Å²) in [6, 6.07) is 2.24. The second-order valence-corrected chi connectivity index (χ2v) is 5.90. The smallest absolute Gasteiger partial charge is 0.237 e. The first-order valence-corrected chi connectivity index (χ1v) is 6.31. The van der Waals surface area contributed by atoms with Crippen LogP contribution in [0.5, 0.6) is 0 Å². The predicted octanol–water partition coefficient (Wildman–Crippen LogP) is 1.57. The molecule has 0 aromatic rings. The third kappa shape index (κ3) is 4.35. The lowest BCUT2D eigenvalue weighted by Crippen LogP contribution is -2.52. The third-order valence-electron chi connectivity index (χ3n) is 3.04. The molecule has 4 nitrogen and oxygen atoms in total. The second-order valence-electron chi connectivity index (χ2n) is 5.90. The van der Waals surface area contributed by atoms with Crippen molar-refractivity contribution in [1.29, 1.82) is 5.26 Å². The number of amides is 1. The van der Waals surface area contributed by atoms with E-state index in [-0.39, 0.29) is 29.4 Å². The molecule has 0 aromatic heterocycles. The fourth-order valence-electron chi connectivity index (χ4n) is 2.19. The van der Waals surface area contributed by atoms with Crippen molar-refractivity contribution >= 4 is 5.91 Å². The summed E-state index contributed by atoms with van der Waals surface area (Å²) in [5, 5.41) is 15.2. The number of hydrogen-bond acceptors (Lipinski definition) is 3. The van der Waals surface area contributed by atoms with Gasteiger partial charge >= 0.3 is 0 Å². The fourth-order valence-corrected chi connectivity index (χ4v) is 2.19. The van der Waals surface area contributed by atoms with Crippen molar-refractivity contribution in [3.63, 3.8) is 0 Å². The molecular weight excluding hydrogens is 214 g/mol. The van der Waals surface area contributed by atoms with E-state index in [0.29, 0.717) is 0 Å². The van der Waals surface area contributed by atoms with Crippen LogP contribution in [0.15, 0.2) is 0 Å². The Kier molecular flexibility index (Phi) is 4.53. The molecule has 0 radical (unpaired) electrons. The average molecular weight is 237 g/mol. The summed E-state index contributed by atoms with van der Waals surface area (Å²) in [7, 11) is 0. The molecular formula is C13H23N3O. The van der Waals surface area contributed by atoms with Crippen molar-refractivity contribution in [2.24, 2.45) is 5.92 Å². The lowest BCUT2D eigenvalue weighted by Gasteiger charge is -2.26. The normalized spacial score (nSPS) is 26.3. The van der Waals surface area contributed by atoms with Crippen LogP contribution in [0.2, 0.25) is 0 Å². The van der Waals surface area contributed by atoms with Gasteiger partial charge in [0, 0.05) is 11.6 Å². The molecule has 1 aliphatic carbocycles. The van der Waals surface area contributed by atoms with Crippen molar-refractivity contribution < 1.29 is 4.79 Å². The van der Waals surface area contributed by atoms with Crippen molar-refractivity contribution in [2.75, 3.05) is 0 Å². The largest absolute Gasteiger partial charge is 0.350 e. The number of nitrogens with one attached hydrogen (secondary N) is 2. The molecule has 96 valence electrons. The Balaban J connectivity index is 2.46. The molecule has 1 fully saturated rings. The van der Waals surface area contributed by atoms with Gasteiger partial charge in [-0.15, -0.1) is 0 Å². The van der Waals surface area contributed by atoms with Crippen LogP contribution in [0.1, 0.15) is 47.0 Å². The van der Waals surface area contributed by atoms with Crippen LogP contribution >= 0.6 is 0 Å². The van der Waals surface area contributed by atoms with Crippen LogP contribution in [0, 0.1) is 17.2 Å². The summed E-state index contributed by atoms with van der Waals surface area (Å²) in [5.74, 6) is 0.0565. The SMILES string of the molecule is CC(NC1CCCC1C#N)C(=O)NC(C)(C)C. The van der Waals surface area contributed by atoms with Gasteiger partial charge in [-0.2, -0.15) is 5.26 Å². The van der Waals surface area contributed by atoms with E-state index in [4.69, 9.17) is 5.26 Å². The maximum Gasteiger partial charge on any atom is 0.237 e. The topological polar surface area (TPSA) is 64.9 Å². The molecule has 1 rings (SSSR count). The Morgan fingerprint density at radius 2 is 2.06 bits per heavy atom. The van der Waals surface area contributed by atoms with Gasteiger partial charge in [0.25, 0.3) is 0 Å². The molecule has 3 unspecified atom stereocenters. The molecule has 1 amide bonds. The number of carbonyl (C=O) groups excluding carboxylic acids is 1. The number of nitrogens with zero attached hydrogens (tertiary/aromatic N) is 1. The van der Waals surface area contributed by atoms with Gasteiger partial charge in [-0.1, -0.05) is 6.42 Å². The quantitative estimate of drug-likeness (QED) is 0.783. The molecule has 0 heterocycles. The fraction of sp³-hybridized carbons (Fsp3) is 0.846. The van der Waals surface area contributed by atoms with E-state index in [1.807, 2.05) is 27.7 Å². The minimum atomic E-state index is -0.242. The van der Waals surface area contributed by atoms with Crippen LogP contribution < -0.4 is 10.6 Å². The highest BCUT2D eigenvalue weighted by atomic mass is 16.2. The molecule has 0 saturated heterocycles. The minimum absolute atomic E-state index is 0.00101. The first-order valence-electron chi connectivity index (χ1n) is 6.31. The molecule has 0 spiro atoms. The molecule has 0 bridgehead atoms. The highest BCUT2D eigenvalue weighted by Gasteiger charge is 2.30. The minimum Gasteiger partial charge on any atom is -0.350 e. The lowest BCUT2D eigenvalue weighted by atomic mass is 10.0. The Bertz CT molecular complexity index is 314. The number of carbonyl (C=O) groups is 1. The molecule has 3 atom stereocenters.